The molecule has 0 saturated carbocycles. The number of benzene rings is 1. The van der Waals surface area contributed by atoms with E-state index in [1.165, 1.54) is 30.8 Å². The quantitative estimate of drug-likeness (QED) is 0.916. The molecule has 2 amide bonds. The number of carbonyl (C=O) groups is 1. The first-order chi connectivity index (χ1) is 10.3. The third kappa shape index (κ3) is 2.79. The van der Waals surface area contributed by atoms with Crippen molar-refractivity contribution in [1.29, 1.82) is 0 Å². The van der Waals surface area contributed by atoms with E-state index in [-0.39, 0.29) is 6.03 Å². The van der Waals surface area contributed by atoms with Crippen molar-refractivity contribution in [3.05, 3.63) is 47.9 Å². The summed E-state index contributed by atoms with van der Waals surface area (Å²) in [5.41, 5.74) is 2.97. The Hall–Kier alpha value is -2.63. The lowest BCUT2D eigenvalue weighted by atomic mass is 10.0. The number of nitrogens with zero attached hydrogens (tertiary/aromatic N) is 3. The average molecular weight is 284 g/mol. The minimum absolute atomic E-state index is 0.169. The maximum absolute atomic E-state index is 12.3. The first-order valence-electron chi connectivity index (χ1n) is 6.74. The number of urea groups is 1. The van der Waals surface area contributed by atoms with Gasteiger partial charge in [0.1, 0.15) is 12.0 Å². The summed E-state index contributed by atoms with van der Waals surface area (Å²) >= 11 is 0. The van der Waals surface area contributed by atoms with Crippen LogP contribution in [0.25, 0.3) is 0 Å². The summed E-state index contributed by atoms with van der Waals surface area (Å²) < 4.78 is 5.11. The van der Waals surface area contributed by atoms with Crippen molar-refractivity contribution in [2.45, 2.75) is 13.0 Å². The number of aromatic nitrogens is 2. The second kappa shape index (κ2) is 5.78. The number of carbonyl (C=O) groups excluding carboxylic acids is 1. The lowest BCUT2D eigenvalue weighted by molar-refractivity contribution is 0.206. The van der Waals surface area contributed by atoms with Gasteiger partial charge in [-0.25, -0.2) is 9.78 Å². The molecular formula is C15H16N4O2. The normalized spacial score (nSPS) is 13.5. The van der Waals surface area contributed by atoms with E-state index in [2.05, 4.69) is 27.4 Å². The molecule has 21 heavy (non-hydrogen) atoms. The Balaban J connectivity index is 1.72. The molecule has 2 aromatic rings. The highest BCUT2D eigenvalue weighted by atomic mass is 16.5. The molecule has 0 unspecified atom stereocenters. The van der Waals surface area contributed by atoms with Crippen molar-refractivity contribution in [3.8, 4) is 5.88 Å². The maximum Gasteiger partial charge on any atom is 0.322 e. The Morgan fingerprint density at radius 1 is 1.33 bits per heavy atom. The molecule has 0 fully saturated rings. The van der Waals surface area contributed by atoms with Crippen LogP contribution in [0.15, 0.2) is 36.8 Å². The van der Waals surface area contributed by atoms with Crippen LogP contribution in [0.1, 0.15) is 11.1 Å². The van der Waals surface area contributed by atoms with Crippen LogP contribution in [-0.2, 0) is 13.0 Å². The lowest BCUT2D eigenvalue weighted by Crippen LogP contribution is -2.38. The van der Waals surface area contributed by atoms with Gasteiger partial charge in [0.05, 0.1) is 13.3 Å². The SMILES string of the molecule is COc1ncncc1NC(=O)N1CCc2ccccc2C1. The predicted molar refractivity (Wildman–Crippen MR) is 78.2 cm³/mol. The molecule has 2 heterocycles. The number of hydrogen-bond acceptors (Lipinski definition) is 4. The van der Waals surface area contributed by atoms with Crippen molar-refractivity contribution >= 4 is 11.7 Å². The second-order valence-electron chi connectivity index (χ2n) is 4.82. The zero-order chi connectivity index (χ0) is 14.7. The lowest BCUT2D eigenvalue weighted by Gasteiger charge is -2.29. The van der Waals surface area contributed by atoms with Crippen LogP contribution in [-0.4, -0.2) is 34.6 Å². The van der Waals surface area contributed by atoms with Crippen LogP contribution in [0.4, 0.5) is 10.5 Å². The Bertz CT molecular complexity index is 660. The van der Waals surface area contributed by atoms with Crippen LogP contribution in [0.2, 0.25) is 0 Å². The van der Waals surface area contributed by atoms with Gasteiger partial charge < -0.3 is 15.0 Å². The van der Waals surface area contributed by atoms with Gasteiger partial charge in [-0.3, -0.25) is 0 Å². The molecular weight excluding hydrogens is 268 g/mol. The fraction of sp³-hybridized carbons (Fsp3) is 0.267. The highest BCUT2D eigenvalue weighted by Crippen LogP contribution is 2.22. The Morgan fingerprint density at radius 2 is 2.14 bits per heavy atom. The number of rotatable bonds is 2. The van der Waals surface area contributed by atoms with Crippen LogP contribution >= 0.6 is 0 Å². The van der Waals surface area contributed by atoms with Gasteiger partial charge in [0, 0.05) is 13.1 Å². The monoisotopic (exact) mass is 284 g/mol. The first kappa shape index (κ1) is 13.4. The summed E-state index contributed by atoms with van der Waals surface area (Å²) in [6.45, 7) is 1.30. The number of anilines is 1. The van der Waals surface area contributed by atoms with E-state index >= 15 is 0 Å². The van der Waals surface area contributed by atoms with E-state index in [1.54, 1.807) is 4.90 Å². The third-order valence-corrected chi connectivity index (χ3v) is 3.53. The summed E-state index contributed by atoms with van der Waals surface area (Å²) in [4.78, 5) is 22.0. The van der Waals surface area contributed by atoms with Crippen molar-refractivity contribution in [1.82, 2.24) is 14.9 Å². The number of hydrogen-bond donors (Lipinski definition) is 1. The molecule has 108 valence electrons. The minimum Gasteiger partial charge on any atom is -0.479 e. The molecule has 3 rings (SSSR count). The minimum atomic E-state index is -0.169. The molecule has 1 N–H and O–H groups in total. The highest BCUT2D eigenvalue weighted by Gasteiger charge is 2.21. The molecule has 0 bridgehead atoms. The summed E-state index contributed by atoms with van der Waals surface area (Å²) in [6, 6.07) is 8.02. The van der Waals surface area contributed by atoms with Crippen molar-refractivity contribution in [2.24, 2.45) is 0 Å². The van der Waals surface area contributed by atoms with Crippen LogP contribution in [0.3, 0.4) is 0 Å². The number of amides is 2. The van der Waals surface area contributed by atoms with E-state index in [0.717, 1.165) is 6.42 Å². The van der Waals surface area contributed by atoms with Crippen molar-refractivity contribution in [2.75, 3.05) is 19.0 Å². The maximum atomic E-state index is 12.3. The molecule has 1 aliphatic heterocycles. The van der Waals surface area contributed by atoms with Gasteiger partial charge in [0.25, 0.3) is 0 Å². The van der Waals surface area contributed by atoms with Crippen LogP contribution < -0.4 is 10.1 Å². The fourth-order valence-electron chi connectivity index (χ4n) is 2.43. The second-order valence-corrected chi connectivity index (χ2v) is 4.82. The fourth-order valence-corrected chi connectivity index (χ4v) is 2.43. The smallest absolute Gasteiger partial charge is 0.322 e. The zero-order valence-corrected chi connectivity index (χ0v) is 11.7. The molecule has 6 heteroatoms. The topological polar surface area (TPSA) is 67.4 Å². The van der Waals surface area contributed by atoms with E-state index in [0.29, 0.717) is 24.7 Å². The zero-order valence-electron chi connectivity index (χ0n) is 11.7. The molecule has 1 aromatic carbocycles. The van der Waals surface area contributed by atoms with Gasteiger partial charge >= 0.3 is 6.03 Å². The molecule has 1 aliphatic rings. The first-order valence-corrected chi connectivity index (χ1v) is 6.74. The van der Waals surface area contributed by atoms with E-state index in [9.17, 15) is 4.79 Å². The molecule has 0 spiro atoms. The summed E-state index contributed by atoms with van der Waals surface area (Å²) in [6.07, 6.45) is 3.78. The number of fused-ring (bicyclic) bond motifs is 1. The van der Waals surface area contributed by atoms with E-state index in [4.69, 9.17) is 4.74 Å². The van der Waals surface area contributed by atoms with Crippen molar-refractivity contribution in [3.63, 3.8) is 0 Å². The molecule has 6 nitrogen and oxygen atoms in total. The molecule has 0 atom stereocenters. The van der Waals surface area contributed by atoms with Crippen LogP contribution in [0.5, 0.6) is 5.88 Å². The van der Waals surface area contributed by atoms with Gasteiger partial charge in [-0.15, -0.1) is 0 Å². The van der Waals surface area contributed by atoms with Crippen LogP contribution in [0, 0.1) is 0 Å². The van der Waals surface area contributed by atoms with Gasteiger partial charge in [-0.2, -0.15) is 4.98 Å². The molecule has 0 aliphatic carbocycles. The number of nitrogens with one attached hydrogen (secondary N) is 1. The van der Waals surface area contributed by atoms with Gasteiger partial charge in [-0.05, 0) is 17.5 Å². The summed E-state index contributed by atoms with van der Waals surface area (Å²) in [7, 11) is 1.51. The standard InChI is InChI=1S/C15H16N4O2/c1-21-14-13(8-16-10-17-14)18-15(20)19-7-6-11-4-2-3-5-12(11)9-19/h2-5,8,10H,6-7,9H2,1H3,(H,18,20). The predicted octanol–water partition coefficient (Wildman–Crippen LogP) is 2.08. The average Bonchev–Trinajstić information content (AvgIpc) is 2.55. The van der Waals surface area contributed by atoms with E-state index < -0.39 is 0 Å². The number of ether oxygens (including phenoxy) is 1. The summed E-state index contributed by atoms with van der Waals surface area (Å²) in [5, 5.41) is 2.80. The Morgan fingerprint density at radius 3 is 2.95 bits per heavy atom. The highest BCUT2D eigenvalue weighted by molar-refractivity contribution is 5.90. The molecule has 0 saturated heterocycles. The largest absolute Gasteiger partial charge is 0.479 e. The Kier molecular flexibility index (Phi) is 3.68. The molecule has 0 radical (unpaired) electrons. The van der Waals surface area contributed by atoms with Gasteiger partial charge in [0.2, 0.25) is 5.88 Å². The van der Waals surface area contributed by atoms with Crippen molar-refractivity contribution < 1.29 is 9.53 Å². The third-order valence-electron chi connectivity index (χ3n) is 3.53. The van der Waals surface area contributed by atoms with Gasteiger partial charge in [0.15, 0.2) is 0 Å². The number of methoxy groups -OCH3 is 1. The Labute approximate surface area is 122 Å². The van der Waals surface area contributed by atoms with Gasteiger partial charge in [-0.1, -0.05) is 24.3 Å². The van der Waals surface area contributed by atoms with E-state index in [1.807, 2.05) is 12.1 Å². The molecule has 1 aromatic heterocycles. The summed E-state index contributed by atoms with van der Waals surface area (Å²) in [5.74, 6) is 0.357.